The highest BCUT2D eigenvalue weighted by Crippen LogP contribution is 2.48. The molecule has 0 unspecified atom stereocenters. The summed E-state index contributed by atoms with van der Waals surface area (Å²) in [5.41, 5.74) is 4.11. The van der Waals surface area contributed by atoms with Crippen molar-refractivity contribution in [3.05, 3.63) is 104 Å². The molecule has 0 N–H and O–H groups in total. The molecule has 2 aliphatic rings. The molecule has 0 atom stereocenters. The first-order valence-electron chi connectivity index (χ1n) is 13.4. The third kappa shape index (κ3) is 4.59. The smallest absolute Gasteiger partial charge is 0.347 e. The van der Waals surface area contributed by atoms with Crippen molar-refractivity contribution in [1.82, 2.24) is 9.55 Å². The second-order valence-electron chi connectivity index (χ2n) is 10.8. The third-order valence-corrected chi connectivity index (χ3v) is 8.96. The highest BCUT2D eigenvalue weighted by atomic mass is 32.2. The number of benzene rings is 2. The minimum atomic E-state index is -0.662. The lowest BCUT2D eigenvalue weighted by atomic mass is 9.62. The summed E-state index contributed by atoms with van der Waals surface area (Å²) in [6, 6.07) is 16.9. The van der Waals surface area contributed by atoms with Gasteiger partial charge in [0.05, 0.1) is 17.0 Å². The van der Waals surface area contributed by atoms with Crippen LogP contribution in [0.4, 0.5) is 0 Å². The normalized spacial score (nSPS) is 15.6. The summed E-state index contributed by atoms with van der Waals surface area (Å²) in [6.45, 7) is 6.26. The molecule has 0 saturated heterocycles. The Kier molecular flexibility index (Phi) is 6.63. The van der Waals surface area contributed by atoms with E-state index in [-0.39, 0.29) is 28.1 Å². The fourth-order valence-electron chi connectivity index (χ4n) is 6.21. The second-order valence-corrected chi connectivity index (χ2v) is 11.8. The largest absolute Gasteiger partial charge is 0.422 e. The van der Waals surface area contributed by atoms with E-state index >= 15 is 0 Å². The van der Waals surface area contributed by atoms with Gasteiger partial charge in [0.2, 0.25) is 0 Å². The topological polar surface area (TPSA) is 82.2 Å². The first-order valence-corrected chi connectivity index (χ1v) is 14.4. The molecule has 2 aliphatic carbocycles. The molecule has 1 saturated carbocycles. The summed E-state index contributed by atoms with van der Waals surface area (Å²) in [6.07, 6.45) is 6.18. The Morgan fingerprint density at radius 1 is 1.08 bits per heavy atom. The predicted molar refractivity (Wildman–Crippen MR) is 155 cm³/mol. The molecule has 2 aromatic heterocycles. The lowest BCUT2D eigenvalue weighted by Crippen LogP contribution is -2.43. The van der Waals surface area contributed by atoms with Crippen LogP contribution in [0.1, 0.15) is 60.5 Å². The van der Waals surface area contributed by atoms with Gasteiger partial charge >= 0.3 is 5.63 Å². The van der Waals surface area contributed by atoms with E-state index in [1.807, 2.05) is 31.2 Å². The molecule has 0 aliphatic heterocycles. The molecule has 0 bridgehead atoms. The Morgan fingerprint density at radius 3 is 2.62 bits per heavy atom. The van der Waals surface area contributed by atoms with Gasteiger partial charge in [-0.25, -0.2) is 9.78 Å². The molecule has 7 heteroatoms. The van der Waals surface area contributed by atoms with Crippen LogP contribution in [0, 0.1) is 0 Å². The summed E-state index contributed by atoms with van der Waals surface area (Å²) in [5, 5.41) is 1.15. The summed E-state index contributed by atoms with van der Waals surface area (Å²) in [7, 11) is 0. The lowest BCUT2D eigenvalue weighted by Gasteiger charge is -2.42. The summed E-state index contributed by atoms with van der Waals surface area (Å²) in [4.78, 5) is 45.2. The van der Waals surface area contributed by atoms with Crippen LogP contribution in [0.5, 0.6) is 0 Å². The lowest BCUT2D eigenvalue weighted by molar-refractivity contribution is 0.101. The van der Waals surface area contributed by atoms with Crippen molar-refractivity contribution in [2.24, 2.45) is 0 Å². The van der Waals surface area contributed by atoms with E-state index in [2.05, 4.69) is 12.6 Å². The number of thioether (sulfide) groups is 1. The minimum absolute atomic E-state index is 0.000498. The number of hydrogen-bond acceptors (Lipinski definition) is 6. The number of fused-ring (bicyclic) bond motifs is 5. The number of rotatable bonds is 6. The fourth-order valence-corrected chi connectivity index (χ4v) is 7.08. The van der Waals surface area contributed by atoms with Gasteiger partial charge in [-0.2, -0.15) is 0 Å². The van der Waals surface area contributed by atoms with Gasteiger partial charge in [0.25, 0.3) is 5.56 Å². The molecule has 6 nitrogen and oxygen atoms in total. The maximum Gasteiger partial charge on any atom is 0.347 e. The Bertz CT molecular complexity index is 1740. The molecule has 4 aromatic rings. The molecule has 39 heavy (non-hydrogen) atoms. The first kappa shape index (κ1) is 25.6. The summed E-state index contributed by atoms with van der Waals surface area (Å²) >= 11 is 1.18. The van der Waals surface area contributed by atoms with E-state index in [0.717, 1.165) is 54.5 Å². The SMILES string of the molecule is C=C(C)Cn1c(SCC(=O)c2cc3ccccc3oc2=O)nc2c(c1=O)C1(CCCCC1)Cc1ccccc1-2. The molecule has 0 radical (unpaired) electrons. The standard InChI is InChI=1S/C32H30N2O4S/c1-20(2)18-34-29(36)27-28(23-12-6-4-11-22(23)17-32(27)14-8-3-9-15-32)33-31(34)39-19-25(35)24-16-21-10-5-7-13-26(21)38-30(24)37/h4-7,10-13,16H,1,3,8-9,14-15,17-19H2,2H3. The Balaban J connectivity index is 1.44. The molecule has 2 heterocycles. The predicted octanol–water partition coefficient (Wildman–Crippen LogP) is 6.33. The van der Waals surface area contributed by atoms with Gasteiger partial charge in [0, 0.05) is 22.9 Å². The monoisotopic (exact) mass is 538 g/mol. The minimum Gasteiger partial charge on any atom is -0.422 e. The molecule has 198 valence electrons. The van der Waals surface area contributed by atoms with Gasteiger partial charge in [0.15, 0.2) is 10.9 Å². The average Bonchev–Trinajstić information content (AvgIpc) is 2.93. The van der Waals surface area contributed by atoms with Crippen LogP contribution in [0.15, 0.2) is 85.9 Å². The zero-order chi connectivity index (χ0) is 27.1. The molecule has 6 rings (SSSR count). The van der Waals surface area contributed by atoms with Gasteiger partial charge in [-0.15, -0.1) is 0 Å². The zero-order valence-electron chi connectivity index (χ0n) is 22.0. The number of Topliss-reactive ketones (excluding diaryl/α,β-unsaturated/α-hetero) is 1. The van der Waals surface area contributed by atoms with Crippen molar-refractivity contribution >= 4 is 28.5 Å². The maximum absolute atomic E-state index is 14.3. The number of hydrogen-bond donors (Lipinski definition) is 0. The maximum atomic E-state index is 14.3. The van der Waals surface area contributed by atoms with E-state index in [1.165, 1.54) is 23.7 Å². The van der Waals surface area contributed by atoms with Crippen molar-refractivity contribution in [3.63, 3.8) is 0 Å². The molecule has 0 amide bonds. The summed E-state index contributed by atoms with van der Waals surface area (Å²) < 4.78 is 7.04. The van der Waals surface area contributed by atoms with E-state index in [1.54, 1.807) is 28.8 Å². The number of aromatic nitrogens is 2. The number of carbonyl (C=O) groups excluding carboxylic acids is 1. The molecule has 1 spiro atoms. The van der Waals surface area contributed by atoms with Crippen molar-refractivity contribution in [2.75, 3.05) is 5.75 Å². The zero-order valence-corrected chi connectivity index (χ0v) is 22.8. The highest BCUT2D eigenvalue weighted by molar-refractivity contribution is 7.99. The first-order chi connectivity index (χ1) is 18.9. The Labute approximate surface area is 230 Å². The Hall–Kier alpha value is -3.71. The number of carbonyl (C=O) groups is 1. The van der Waals surface area contributed by atoms with E-state index in [4.69, 9.17) is 9.40 Å². The van der Waals surface area contributed by atoms with E-state index in [9.17, 15) is 14.4 Å². The molecule has 1 fully saturated rings. The van der Waals surface area contributed by atoms with Crippen LogP contribution in [0.25, 0.3) is 22.2 Å². The number of nitrogens with zero attached hydrogens (tertiary/aromatic N) is 2. The van der Waals surface area contributed by atoms with Gasteiger partial charge in [-0.1, -0.05) is 85.6 Å². The second kappa shape index (κ2) is 10.1. The van der Waals surface area contributed by atoms with Crippen molar-refractivity contribution in [1.29, 1.82) is 0 Å². The summed E-state index contributed by atoms with van der Waals surface area (Å²) in [5.74, 6) is -0.408. The van der Waals surface area contributed by atoms with Crippen molar-refractivity contribution in [3.8, 4) is 11.3 Å². The van der Waals surface area contributed by atoms with Crippen LogP contribution < -0.4 is 11.2 Å². The quantitative estimate of drug-likeness (QED) is 0.0939. The fraction of sp³-hybridized carbons (Fsp3) is 0.312. The van der Waals surface area contributed by atoms with Crippen LogP contribution >= 0.6 is 11.8 Å². The van der Waals surface area contributed by atoms with Gasteiger partial charge in [-0.3, -0.25) is 14.2 Å². The van der Waals surface area contributed by atoms with Crippen LogP contribution in [0.2, 0.25) is 0 Å². The van der Waals surface area contributed by atoms with Crippen LogP contribution in [-0.4, -0.2) is 21.1 Å². The van der Waals surface area contributed by atoms with Crippen molar-refractivity contribution < 1.29 is 9.21 Å². The number of para-hydroxylation sites is 1. The van der Waals surface area contributed by atoms with Gasteiger partial charge in [-0.05, 0) is 43.9 Å². The van der Waals surface area contributed by atoms with Gasteiger partial charge in [0.1, 0.15) is 11.1 Å². The van der Waals surface area contributed by atoms with Crippen LogP contribution in [-0.2, 0) is 18.4 Å². The van der Waals surface area contributed by atoms with Gasteiger partial charge < -0.3 is 4.42 Å². The van der Waals surface area contributed by atoms with Crippen molar-refractivity contribution in [2.45, 2.75) is 62.6 Å². The van der Waals surface area contributed by atoms with Crippen LogP contribution in [0.3, 0.4) is 0 Å². The highest BCUT2D eigenvalue weighted by Gasteiger charge is 2.43. The molecular formula is C32H30N2O4S. The average molecular weight is 539 g/mol. The third-order valence-electron chi connectivity index (χ3n) is 7.98. The number of allylic oxidation sites excluding steroid dienone is 1. The van der Waals surface area contributed by atoms with E-state index < -0.39 is 5.63 Å². The van der Waals surface area contributed by atoms with E-state index in [0.29, 0.717) is 22.7 Å². The number of ketones is 1. The molecular weight excluding hydrogens is 508 g/mol. The Morgan fingerprint density at radius 2 is 1.82 bits per heavy atom. The molecule has 2 aromatic carbocycles.